The van der Waals surface area contributed by atoms with E-state index < -0.39 is 99.0 Å². The van der Waals surface area contributed by atoms with E-state index in [9.17, 15) is 66.1 Å². The van der Waals surface area contributed by atoms with Crippen LogP contribution < -0.4 is 9.47 Å². The molecule has 0 saturated carbocycles. The van der Waals surface area contributed by atoms with E-state index in [1.54, 1.807) is 0 Å². The van der Waals surface area contributed by atoms with Crippen molar-refractivity contribution in [3.05, 3.63) is 94.0 Å². The number of hydrogen-bond acceptors (Lipinski definition) is 16. The monoisotopic (exact) mass is 730 g/mol. The molecule has 0 aromatic heterocycles. The molecule has 7 rings (SSSR count). The molecule has 5 aromatic carbocycles. The van der Waals surface area contributed by atoms with Crippen LogP contribution in [0.15, 0.2) is 60.7 Å². The molecule has 0 saturated heterocycles. The molecule has 0 aliphatic carbocycles. The Kier molecular flexibility index (Phi) is 8.09. The van der Waals surface area contributed by atoms with Gasteiger partial charge in [0.15, 0.2) is 52.1 Å². The Morgan fingerprint density at radius 3 is 1.83 bits per heavy atom. The number of phenolic OH excluding ortho intramolecular Hbond substituents is 12. The first-order chi connectivity index (χ1) is 25.1. The van der Waals surface area contributed by atoms with Crippen LogP contribution in [0.1, 0.15) is 62.7 Å². The second-order valence-corrected chi connectivity index (χ2v) is 12.6. The Labute approximate surface area is 297 Å². The Balaban J connectivity index is 1.38. The van der Waals surface area contributed by atoms with Crippen molar-refractivity contribution in [2.45, 2.75) is 37.1 Å². The smallest absolute Gasteiger partial charge is 0.338 e. The predicted molar refractivity (Wildman–Crippen MR) is 178 cm³/mol. The summed E-state index contributed by atoms with van der Waals surface area (Å²) in [5, 5.41) is 125. The minimum atomic E-state index is -1.47. The van der Waals surface area contributed by atoms with Gasteiger partial charge in [-0.2, -0.15) is 0 Å². The summed E-state index contributed by atoms with van der Waals surface area (Å²) in [6, 6.07) is 10.9. The van der Waals surface area contributed by atoms with Crippen molar-refractivity contribution in [3.8, 4) is 80.5 Å². The largest absolute Gasteiger partial charge is 0.508 e. The van der Waals surface area contributed by atoms with Crippen LogP contribution in [0.3, 0.4) is 0 Å². The van der Waals surface area contributed by atoms with Gasteiger partial charge in [-0.05, 0) is 42.0 Å². The zero-order valence-corrected chi connectivity index (χ0v) is 27.0. The molecule has 2 aliphatic heterocycles. The van der Waals surface area contributed by atoms with Gasteiger partial charge in [-0.15, -0.1) is 0 Å². The molecule has 16 nitrogen and oxygen atoms in total. The van der Waals surface area contributed by atoms with Gasteiger partial charge < -0.3 is 75.5 Å². The molecule has 0 fully saturated rings. The molecule has 0 radical (unpaired) electrons. The summed E-state index contributed by atoms with van der Waals surface area (Å²) in [4.78, 5) is 13.4. The van der Waals surface area contributed by atoms with E-state index in [2.05, 4.69) is 0 Å². The fraction of sp³-hybridized carbons (Fsp3) is 0.162. The van der Waals surface area contributed by atoms with Crippen LogP contribution in [-0.2, 0) is 11.2 Å². The molecule has 4 atom stereocenters. The quantitative estimate of drug-likeness (QED) is 0.0861. The fourth-order valence-electron chi connectivity index (χ4n) is 6.76. The summed E-state index contributed by atoms with van der Waals surface area (Å²) in [5.74, 6) is -10.1. The van der Waals surface area contributed by atoms with Crippen LogP contribution >= 0.6 is 0 Å². The third kappa shape index (κ3) is 5.90. The first-order valence-corrected chi connectivity index (χ1v) is 15.8. The summed E-state index contributed by atoms with van der Waals surface area (Å²) in [6.45, 7) is 0. The van der Waals surface area contributed by atoms with E-state index in [1.807, 2.05) is 0 Å². The van der Waals surface area contributed by atoms with Crippen molar-refractivity contribution >= 4 is 5.97 Å². The predicted octanol–water partition coefficient (Wildman–Crippen LogP) is 4.71. The number of benzene rings is 5. The average molecular weight is 731 g/mol. The summed E-state index contributed by atoms with van der Waals surface area (Å²) in [7, 11) is 0. The molecule has 0 spiro atoms. The lowest BCUT2D eigenvalue weighted by Crippen LogP contribution is -2.35. The maximum absolute atomic E-state index is 13.4. The Bertz CT molecular complexity index is 2270. The summed E-state index contributed by atoms with van der Waals surface area (Å²) in [6.07, 6.45) is -4.25. The number of ether oxygens (including phenoxy) is 3. The summed E-state index contributed by atoms with van der Waals surface area (Å²) < 4.78 is 18.2. The highest BCUT2D eigenvalue weighted by atomic mass is 16.6. The lowest BCUT2D eigenvalue weighted by molar-refractivity contribution is -0.0195. The van der Waals surface area contributed by atoms with Crippen molar-refractivity contribution in [1.82, 2.24) is 0 Å². The van der Waals surface area contributed by atoms with Crippen LogP contribution in [0.25, 0.3) is 0 Å². The number of aromatic hydroxyl groups is 12. The van der Waals surface area contributed by atoms with Crippen molar-refractivity contribution < 1.29 is 80.3 Å². The number of carbonyl (C=O) groups excluding carboxylic acids is 1. The highest BCUT2D eigenvalue weighted by Gasteiger charge is 2.43. The van der Waals surface area contributed by atoms with Gasteiger partial charge in [-0.1, -0.05) is 6.07 Å². The van der Waals surface area contributed by atoms with E-state index in [-0.39, 0.29) is 52.3 Å². The molecule has 16 heteroatoms. The van der Waals surface area contributed by atoms with Gasteiger partial charge in [-0.25, -0.2) is 4.79 Å². The Morgan fingerprint density at radius 2 is 1.19 bits per heavy atom. The number of esters is 1. The van der Waals surface area contributed by atoms with Gasteiger partial charge >= 0.3 is 5.97 Å². The van der Waals surface area contributed by atoms with E-state index in [1.165, 1.54) is 24.3 Å². The van der Waals surface area contributed by atoms with Gasteiger partial charge in [0.1, 0.15) is 46.7 Å². The lowest BCUT2D eigenvalue weighted by atomic mass is 9.79. The molecule has 0 unspecified atom stereocenters. The van der Waals surface area contributed by atoms with Crippen LogP contribution in [0.2, 0.25) is 0 Å². The van der Waals surface area contributed by atoms with Gasteiger partial charge in [0, 0.05) is 59.2 Å². The summed E-state index contributed by atoms with van der Waals surface area (Å²) >= 11 is 0. The third-order valence-corrected chi connectivity index (χ3v) is 9.24. The molecule has 0 bridgehead atoms. The SMILES string of the molecule is O=C(O[C@@H]1Cc2c(O)cc(O)c([C@@H]3C[C@@H](c4ccc(O)c(O)c4)Oc4cc(O)cc(O)c43)c2O[C@@H]1c1cc(O)c(O)c(O)c1)c1cc(O)c(O)c(O)c1. The number of carbonyl (C=O) groups is 1. The van der Waals surface area contributed by atoms with E-state index in [0.717, 1.165) is 36.4 Å². The molecule has 0 amide bonds. The molecule has 12 N–H and O–H groups in total. The highest BCUT2D eigenvalue weighted by molar-refractivity contribution is 5.91. The number of fused-ring (bicyclic) bond motifs is 2. The molecule has 2 heterocycles. The zero-order valence-electron chi connectivity index (χ0n) is 27.0. The first kappa shape index (κ1) is 34.2. The normalized spacial score (nSPS) is 18.9. The molecular formula is C37H30O16. The van der Waals surface area contributed by atoms with E-state index in [0.29, 0.717) is 5.56 Å². The second kappa shape index (κ2) is 12.5. The summed E-state index contributed by atoms with van der Waals surface area (Å²) in [5.41, 5.74) is -0.0570. The standard InChI is InChI=1S/C37H30O16/c38-16-8-22(42)31-18(11-28(51-29(31)9-16)13-1-2-19(39)21(41)3-13)32-23(43)12-20(40)17-10-30(52-37(50)15-6-26(46)34(49)27(47)7-15)35(53-36(17)32)14-4-24(44)33(48)25(45)5-14/h1-9,12,18,28,30,35,38-49H,10-11H2/t18-,28+,30-,35-/m1/s1. The first-order valence-electron chi connectivity index (χ1n) is 15.8. The van der Waals surface area contributed by atoms with Crippen molar-refractivity contribution in [2.75, 3.05) is 0 Å². The Hall–Kier alpha value is -7.23. The third-order valence-electron chi connectivity index (χ3n) is 9.24. The van der Waals surface area contributed by atoms with Gasteiger partial charge in [0.2, 0.25) is 0 Å². The fourth-order valence-corrected chi connectivity index (χ4v) is 6.76. The number of hydrogen-bond donors (Lipinski definition) is 12. The molecule has 5 aromatic rings. The van der Waals surface area contributed by atoms with Crippen molar-refractivity contribution in [1.29, 1.82) is 0 Å². The topological polar surface area (TPSA) is 288 Å². The van der Waals surface area contributed by atoms with Crippen LogP contribution in [-0.4, -0.2) is 73.4 Å². The lowest BCUT2D eigenvalue weighted by Gasteiger charge is -2.38. The molecule has 2 aliphatic rings. The Morgan fingerprint density at radius 1 is 0.585 bits per heavy atom. The maximum atomic E-state index is 13.4. The zero-order chi connectivity index (χ0) is 38.0. The van der Waals surface area contributed by atoms with E-state index >= 15 is 0 Å². The minimum absolute atomic E-state index is 0.0133. The van der Waals surface area contributed by atoms with Crippen LogP contribution in [0.5, 0.6) is 80.5 Å². The average Bonchev–Trinajstić information content (AvgIpc) is 3.09. The van der Waals surface area contributed by atoms with Gasteiger partial charge in [0.25, 0.3) is 0 Å². The number of phenols is 12. The van der Waals surface area contributed by atoms with Gasteiger partial charge in [-0.3, -0.25) is 0 Å². The van der Waals surface area contributed by atoms with E-state index in [4.69, 9.17) is 14.2 Å². The molecule has 274 valence electrons. The second-order valence-electron chi connectivity index (χ2n) is 12.6. The van der Waals surface area contributed by atoms with Crippen LogP contribution in [0.4, 0.5) is 0 Å². The maximum Gasteiger partial charge on any atom is 0.338 e. The molecule has 53 heavy (non-hydrogen) atoms. The van der Waals surface area contributed by atoms with Crippen LogP contribution in [0, 0.1) is 0 Å². The van der Waals surface area contributed by atoms with Crippen molar-refractivity contribution in [2.24, 2.45) is 0 Å². The molecular weight excluding hydrogens is 700 g/mol. The highest BCUT2D eigenvalue weighted by Crippen LogP contribution is 2.57. The van der Waals surface area contributed by atoms with Crippen molar-refractivity contribution in [3.63, 3.8) is 0 Å². The van der Waals surface area contributed by atoms with Gasteiger partial charge in [0.05, 0.1) is 5.56 Å². The minimum Gasteiger partial charge on any atom is -0.508 e. The number of rotatable bonds is 5.